The largest absolute Gasteiger partial charge is 0.460 e. The molecule has 2 heterocycles. The van der Waals surface area contributed by atoms with Gasteiger partial charge in [-0.2, -0.15) is 0 Å². The number of likely N-dealkylation sites (tertiary alicyclic amines) is 1. The molecule has 61 heavy (non-hydrogen) atoms. The third-order valence-corrected chi connectivity index (χ3v) is 11.7. The average molecular weight is 871 g/mol. The highest BCUT2D eigenvalue weighted by atomic mass is 17.1. The Labute approximate surface area is 361 Å². The summed E-state index contributed by atoms with van der Waals surface area (Å²) in [5, 5.41) is 34.6. The molecule has 1 amide bonds. The predicted molar refractivity (Wildman–Crippen MR) is 219 cm³/mol. The molecular weight excluding hydrogens is 796 g/mol. The minimum Gasteiger partial charge on any atom is -0.460 e. The Kier molecular flexibility index (Phi) is 24.5. The Morgan fingerprint density at radius 1 is 0.852 bits per heavy atom. The number of carbonyl (C=O) groups excluding carboxylic acids is 2. The Morgan fingerprint density at radius 2 is 1.54 bits per heavy atom. The summed E-state index contributed by atoms with van der Waals surface area (Å²) in [4.78, 5) is 40.9. The van der Waals surface area contributed by atoms with Crippen molar-refractivity contribution in [2.45, 2.75) is 128 Å². The van der Waals surface area contributed by atoms with Crippen molar-refractivity contribution in [3.8, 4) is 0 Å². The molecule has 4 rings (SSSR count). The van der Waals surface area contributed by atoms with Crippen molar-refractivity contribution in [2.75, 3.05) is 86.1 Å². The van der Waals surface area contributed by atoms with Gasteiger partial charge in [0.1, 0.15) is 6.10 Å². The molecule has 18 heteroatoms. The number of unbranched alkanes of at least 4 members (excludes halogenated alkanes) is 4. The number of ether oxygens (including phenoxy) is 6. The van der Waals surface area contributed by atoms with Crippen molar-refractivity contribution >= 4 is 11.9 Å². The zero-order valence-corrected chi connectivity index (χ0v) is 36.7. The Morgan fingerprint density at radius 3 is 2.23 bits per heavy atom. The van der Waals surface area contributed by atoms with Crippen molar-refractivity contribution in [1.29, 1.82) is 0 Å². The Hall–Kier alpha value is -2.40. The molecule has 18 nitrogen and oxygen atoms in total. The first-order chi connectivity index (χ1) is 29.6. The van der Waals surface area contributed by atoms with E-state index in [0.29, 0.717) is 84.1 Å². The van der Waals surface area contributed by atoms with Crippen LogP contribution in [-0.2, 0) is 54.3 Å². The fourth-order valence-electron chi connectivity index (χ4n) is 8.61. The summed E-state index contributed by atoms with van der Waals surface area (Å²) in [6.07, 6.45) is 6.71. The second-order valence-electron chi connectivity index (χ2n) is 16.6. The van der Waals surface area contributed by atoms with E-state index < -0.39 is 12.2 Å². The van der Waals surface area contributed by atoms with Crippen molar-refractivity contribution in [3.05, 3.63) is 35.4 Å². The van der Waals surface area contributed by atoms with Gasteiger partial charge in [-0.3, -0.25) is 45.0 Å². The molecule has 0 spiro atoms. The molecule has 7 atom stereocenters. The lowest BCUT2D eigenvalue weighted by molar-refractivity contribution is -0.492. The van der Waals surface area contributed by atoms with Gasteiger partial charge in [0, 0.05) is 71.4 Å². The first-order valence-electron chi connectivity index (χ1n) is 22.4. The van der Waals surface area contributed by atoms with Crippen molar-refractivity contribution < 1.29 is 68.5 Å². The average Bonchev–Trinajstić information content (AvgIpc) is 3.24. The number of hydrogen-bond donors (Lipinski definition) is 4. The maximum Gasteiger partial charge on any atom is 0.306 e. The van der Waals surface area contributed by atoms with Crippen molar-refractivity contribution in [2.24, 2.45) is 11.8 Å². The van der Waals surface area contributed by atoms with Gasteiger partial charge in [-0.05, 0) is 75.3 Å². The van der Waals surface area contributed by atoms with Crippen LogP contribution in [0.4, 0.5) is 0 Å². The lowest BCUT2D eigenvalue weighted by Gasteiger charge is -2.47. The monoisotopic (exact) mass is 871 g/mol. The highest BCUT2D eigenvalue weighted by Gasteiger charge is 2.43. The van der Waals surface area contributed by atoms with E-state index in [2.05, 4.69) is 33.6 Å². The van der Waals surface area contributed by atoms with Gasteiger partial charge in [0.15, 0.2) is 0 Å². The van der Waals surface area contributed by atoms with Crippen molar-refractivity contribution in [1.82, 2.24) is 20.6 Å². The molecule has 1 saturated carbocycles. The third kappa shape index (κ3) is 19.1. The number of fused-ring (bicyclic) bond motifs is 1. The van der Waals surface area contributed by atoms with Crippen LogP contribution in [0.15, 0.2) is 24.3 Å². The van der Waals surface area contributed by atoms with Gasteiger partial charge >= 0.3 is 5.97 Å². The van der Waals surface area contributed by atoms with E-state index in [-0.39, 0.29) is 79.1 Å². The zero-order valence-electron chi connectivity index (χ0n) is 36.7. The van der Waals surface area contributed by atoms with Crippen LogP contribution in [0.25, 0.3) is 0 Å². The molecule has 0 aromatic heterocycles. The number of methoxy groups -OCH3 is 1. The lowest BCUT2D eigenvalue weighted by atomic mass is 9.81. The lowest BCUT2D eigenvalue weighted by Crippen LogP contribution is -2.56. The minimum absolute atomic E-state index is 0.0700. The number of carbonyl (C=O) groups is 2. The first kappa shape index (κ1) is 51.2. The number of morpholine rings is 1. The van der Waals surface area contributed by atoms with Crippen LogP contribution in [0, 0.1) is 11.8 Å². The molecule has 1 aromatic carbocycles. The summed E-state index contributed by atoms with van der Waals surface area (Å²) in [5.41, 5.74) is 1.96. The smallest absolute Gasteiger partial charge is 0.306 e. The summed E-state index contributed by atoms with van der Waals surface area (Å²) in [5.74, 6) is -0.243. The van der Waals surface area contributed by atoms with Gasteiger partial charge < -0.3 is 33.3 Å². The number of piperidine rings is 1. The van der Waals surface area contributed by atoms with Crippen LogP contribution >= 0.6 is 0 Å². The Balaban J connectivity index is 1.51. The van der Waals surface area contributed by atoms with Gasteiger partial charge in [0.25, 0.3) is 0 Å². The number of benzene rings is 1. The van der Waals surface area contributed by atoms with Crippen molar-refractivity contribution in [3.63, 3.8) is 0 Å². The number of hydrogen-bond acceptors (Lipinski definition) is 17. The highest BCUT2D eigenvalue weighted by molar-refractivity contribution is 5.76. The molecule has 1 aliphatic carbocycles. The summed E-state index contributed by atoms with van der Waals surface area (Å²) in [7, 11) is 1.73. The van der Waals surface area contributed by atoms with Crippen LogP contribution in [0.1, 0.15) is 108 Å². The molecule has 3 aliphatic rings. The molecule has 350 valence electrons. The van der Waals surface area contributed by atoms with Gasteiger partial charge in [-0.1, -0.05) is 44.0 Å². The van der Waals surface area contributed by atoms with Gasteiger partial charge in [-0.25, -0.2) is 0 Å². The van der Waals surface area contributed by atoms with E-state index in [4.69, 9.17) is 49.3 Å². The second kappa shape index (κ2) is 29.1. The van der Waals surface area contributed by atoms with Crippen LogP contribution in [-0.4, -0.2) is 164 Å². The fraction of sp³-hybridized carbons (Fsp3) is 0.814. The summed E-state index contributed by atoms with van der Waals surface area (Å²) < 4.78 is 36.4. The van der Waals surface area contributed by atoms with E-state index in [0.717, 1.165) is 63.1 Å². The summed E-state index contributed by atoms with van der Waals surface area (Å²) >= 11 is 0. The number of rotatable bonds is 30. The van der Waals surface area contributed by atoms with Crippen LogP contribution in [0.5, 0.6) is 0 Å². The SMILES string of the molecule is CCOCC(C)COCc1ccc(C2C(OCC3CCC4OCCN(CCCOC)C4C3)CN(C(=O)CCCCCON(O)O)CC2OC(=O)CCCCCON(O)O)cc1. The quantitative estimate of drug-likeness (QED) is 0.0449. The highest BCUT2D eigenvalue weighted by Crippen LogP contribution is 2.37. The fourth-order valence-corrected chi connectivity index (χ4v) is 8.61. The molecule has 1 aromatic rings. The summed E-state index contributed by atoms with van der Waals surface area (Å²) in [6.45, 7) is 11.0. The summed E-state index contributed by atoms with van der Waals surface area (Å²) in [6, 6.07) is 8.49. The zero-order chi connectivity index (χ0) is 43.8. The third-order valence-electron chi connectivity index (χ3n) is 11.7. The van der Waals surface area contributed by atoms with Crippen LogP contribution < -0.4 is 0 Å². The van der Waals surface area contributed by atoms with E-state index in [9.17, 15) is 9.59 Å². The van der Waals surface area contributed by atoms with E-state index in [1.54, 1.807) is 12.0 Å². The maximum atomic E-state index is 13.8. The maximum absolute atomic E-state index is 13.8. The number of esters is 1. The van der Waals surface area contributed by atoms with E-state index >= 15 is 0 Å². The van der Waals surface area contributed by atoms with Gasteiger partial charge in [0.05, 0.1) is 75.1 Å². The Bertz CT molecular complexity index is 1350. The number of amides is 1. The standard InChI is InChI=1S/C43H74N4O14/c1-4-55-29-33(2)30-56-31-34-14-17-36(18-15-34)43-39(58-32-35-16-19-38-37(26-35)44(21-25-57-38)20-11-22-54-3)27-45(41(48)12-7-5-9-23-59-46(50)51)28-40(43)61-42(49)13-8-6-10-24-60-47(52)53/h14-15,17-18,33,35,37-40,43,50-53H,4-13,16,19-32H2,1-3H3. The van der Waals surface area contributed by atoms with Gasteiger partial charge in [-0.15, -0.1) is 0 Å². The first-order valence-corrected chi connectivity index (χ1v) is 22.4. The van der Waals surface area contributed by atoms with Crippen LogP contribution in [0.3, 0.4) is 0 Å². The molecule has 0 radical (unpaired) electrons. The minimum atomic E-state index is -0.676. The van der Waals surface area contributed by atoms with E-state index in [1.165, 1.54) is 0 Å². The molecule has 3 fully saturated rings. The topological polar surface area (TPSA) is 202 Å². The molecule has 7 unspecified atom stereocenters. The normalized spacial score (nSPS) is 24.0. The second-order valence-corrected chi connectivity index (χ2v) is 16.6. The number of nitrogens with zero attached hydrogens (tertiary/aromatic N) is 4. The molecule has 2 aliphatic heterocycles. The van der Waals surface area contributed by atoms with Crippen LogP contribution in [0.2, 0.25) is 0 Å². The van der Waals surface area contributed by atoms with E-state index in [1.807, 2.05) is 19.1 Å². The van der Waals surface area contributed by atoms with Gasteiger partial charge in [0.2, 0.25) is 5.91 Å². The molecule has 2 saturated heterocycles. The predicted octanol–water partition coefficient (Wildman–Crippen LogP) is 5.15. The molecule has 0 bridgehead atoms. The molecule has 4 N–H and O–H groups in total. The molecular formula is C43H74N4O14.